The summed E-state index contributed by atoms with van der Waals surface area (Å²) in [6, 6.07) is 7.75. The average Bonchev–Trinajstić information content (AvgIpc) is 2.87. The van der Waals surface area contributed by atoms with Gasteiger partial charge in [0.05, 0.1) is 24.8 Å². The van der Waals surface area contributed by atoms with Gasteiger partial charge in [0, 0.05) is 16.3 Å². The summed E-state index contributed by atoms with van der Waals surface area (Å²) < 4.78 is 5.50. The van der Waals surface area contributed by atoms with Crippen LogP contribution in [0, 0.1) is 4.91 Å². The highest BCUT2D eigenvalue weighted by molar-refractivity contribution is 6.18. The van der Waals surface area contributed by atoms with Crippen molar-refractivity contribution < 1.29 is 19.8 Å². The Morgan fingerprint density at radius 3 is 2.68 bits per heavy atom. The first-order chi connectivity index (χ1) is 10.6. The summed E-state index contributed by atoms with van der Waals surface area (Å²) in [6.45, 7) is -0.333. The molecular weight excluding hydrogens is 288 g/mol. The standard InChI is InChI=1S/C15H12N2O5/c1-22-15(19)10-4-2-3-9-12-11(16-20)6-5-8(7-18)13(12)17(21)14(9)10/h2-6,18,21H,7H2,1H3. The number of para-hydroxylation sites is 1. The third-order valence-corrected chi connectivity index (χ3v) is 3.64. The van der Waals surface area contributed by atoms with Crippen molar-refractivity contribution in [3.63, 3.8) is 0 Å². The van der Waals surface area contributed by atoms with Crippen molar-refractivity contribution in [3.8, 4) is 0 Å². The molecule has 0 aliphatic heterocycles. The van der Waals surface area contributed by atoms with E-state index in [1.165, 1.54) is 25.3 Å². The largest absolute Gasteiger partial charge is 0.465 e. The quantitative estimate of drug-likeness (QED) is 0.440. The van der Waals surface area contributed by atoms with Gasteiger partial charge >= 0.3 is 5.97 Å². The van der Waals surface area contributed by atoms with E-state index in [9.17, 15) is 20.0 Å². The number of carbonyl (C=O) groups is 1. The smallest absolute Gasteiger partial charge is 0.340 e. The van der Waals surface area contributed by atoms with Gasteiger partial charge < -0.3 is 15.1 Å². The van der Waals surface area contributed by atoms with E-state index in [0.29, 0.717) is 16.3 Å². The topological polar surface area (TPSA) is 101 Å². The minimum atomic E-state index is -0.616. The van der Waals surface area contributed by atoms with E-state index in [0.717, 1.165) is 4.73 Å². The second kappa shape index (κ2) is 5.12. The molecule has 0 unspecified atom stereocenters. The van der Waals surface area contributed by atoms with Crippen molar-refractivity contribution in [2.75, 3.05) is 7.11 Å². The summed E-state index contributed by atoms with van der Waals surface area (Å²) in [5.74, 6) is -0.616. The number of nitroso groups, excluding NO2 is 1. The fourth-order valence-electron chi connectivity index (χ4n) is 2.69. The number of ether oxygens (including phenoxy) is 1. The summed E-state index contributed by atoms with van der Waals surface area (Å²) in [6.07, 6.45) is 0. The van der Waals surface area contributed by atoms with Gasteiger partial charge in [-0.05, 0) is 17.3 Å². The number of hydrogen-bond donors (Lipinski definition) is 2. The first-order valence-corrected chi connectivity index (χ1v) is 6.44. The lowest BCUT2D eigenvalue weighted by atomic mass is 10.1. The van der Waals surface area contributed by atoms with Crippen molar-refractivity contribution in [2.24, 2.45) is 5.18 Å². The molecule has 0 radical (unpaired) electrons. The molecule has 0 fully saturated rings. The Hall–Kier alpha value is -2.93. The molecule has 3 aromatic rings. The van der Waals surface area contributed by atoms with E-state index in [1.54, 1.807) is 12.1 Å². The lowest BCUT2D eigenvalue weighted by Gasteiger charge is -2.04. The SMILES string of the molecule is COC(=O)c1cccc2c3c(N=O)ccc(CO)c3n(O)c12. The average molecular weight is 300 g/mol. The number of methoxy groups -OCH3 is 1. The van der Waals surface area contributed by atoms with Gasteiger partial charge in [0.1, 0.15) is 11.2 Å². The summed E-state index contributed by atoms with van der Waals surface area (Å²) in [7, 11) is 1.24. The van der Waals surface area contributed by atoms with Crippen LogP contribution in [0.1, 0.15) is 15.9 Å². The zero-order valence-corrected chi connectivity index (χ0v) is 11.6. The molecule has 2 N–H and O–H groups in total. The Kier molecular flexibility index (Phi) is 3.26. The lowest BCUT2D eigenvalue weighted by Crippen LogP contribution is -2.04. The number of fused-ring (bicyclic) bond motifs is 3. The molecule has 7 heteroatoms. The monoisotopic (exact) mass is 300 g/mol. The Morgan fingerprint density at radius 2 is 2.05 bits per heavy atom. The van der Waals surface area contributed by atoms with Crippen LogP contribution < -0.4 is 0 Å². The van der Waals surface area contributed by atoms with Crippen LogP contribution in [0.3, 0.4) is 0 Å². The Bertz CT molecular complexity index is 913. The van der Waals surface area contributed by atoms with E-state index >= 15 is 0 Å². The highest BCUT2D eigenvalue weighted by Crippen LogP contribution is 2.38. The van der Waals surface area contributed by atoms with Gasteiger partial charge in [0.15, 0.2) is 0 Å². The summed E-state index contributed by atoms with van der Waals surface area (Å²) in [4.78, 5) is 22.9. The Balaban J connectivity index is 2.59. The van der Waals surface area contributed by atoms with Crippen molar-refractivity contribution in [1.29, 1.82) is 0 Å². The zero-order valence-electron chi connectivity index (χ0n) is 11.6. The number of esters is 1. The maximum Gasteiger partial charge on any atom is 0.340 e. The van der Waals surface area contributed by atoms with Crippen molar-refractivity contribution in [2.45, 2.75) is 6.61 Å². The molecular formula is C15H12N2O5. The van der Waals surface area contributed by atoms with Crippen molar-refractivity contribution in [3.05, 3.63) is 46.4 Å². The second-order valence-corrected chi connectivity index (χ2v) is 4.72. The number of benzene rings is 2. The van der Waals surface area contributed by atoms with Crippen LogP contribution >= 0.6 is 0 Å². The lowest BCUT2D eigenvalue weighted by molar-refractivity contribution is 0.0600. The van der Waals surface area contributed by atoms with Gasteiger partial charge in [-0.1, -0.05) is 18.2 Å². The molecule has 2 aromatic carbocycles. The molecule has 112 valence electrons. The van der Waals surface area contributed by atoms with Crippen molar-refractivity contribution in [1.82, 2.24) is 4.73 Å². The molecule has 0 saturated carbocycles. The maximum atomic E-state index is 11.9. The number of nitrogens with zero attached hydrogens (tertiary/aromatic N) is 2. The van der Waals surface area contributed by atoms with Crippen molar-refractivity contribution >= 4 is 33.5 Å². The second-order valence-electron chi connectivity index (χ2n) is 4.72. The van der Waals surface area contributed by atoms with Crippen LogP contribution in [0.25, 0.3) is 21.8 Å². The van der Waals surface area contributed by atoms with Gasteiger partial charge in [-0.3, -0.25) is 0 Å². The van der Waals surface area contributed by atoms with E-state index < -0.39 is 5.97 Å². The number of rotatable bonds is 3. The summed E-state index contributed by atoms with van der Waals surface area (Å²) in [5.41, 5.74) is 1.13. The van der Waals surface area contributed by atoms with Crippen LogP contribution in [0.5, 0.6) is 0 Å². The Labute approximate surface area is 124 Å². The number of carbonyl (C=O) groups excluding carboxylic acids is 1. The molecule has 1 heterocycles. The highest BCUT2D eigenvalue weighted by Gasteiger charge is 2.22. The number of aliphatic hydroxyl groups is 1. The molecule has 22 heavy (non-hydrogen) atoms. The third kappa shape index (κ3) is 1.76. The number of hydrogen-bond acceptors (Lipinski definition) is 6. The molecule has 0 aliphatic carbocycles. The van der Waals surface area contributed by atoms with Gasteiger partial charge in [-0.25, -0.2) is 4.79 Å². The summed E-state index contributed by atoms with van der Waals surface area (Å²) in [5, 5.41) is 23.7. The highest BCUT2D eigenvalue weighted by atomic mass is 16.5. The molecule has 0 bridgehead atoms. The zero-order chi connectivity index (χ0) is 15.9. The minimum absolute atomic E-state index is 0.118. The fourth-order valence-corrected chi connectivity index (χ4v) is 2.69. The molecule has 0 spiro atoms. The van der Waals surface area contributed by atoms with E-state index in [-0.39, 0.29) is 28.9 Å². The van der Waals surface area contributed by atoms with Gasteiger partial charge in [-0.15, -0.1) is 4.91 Å². The third-order valence-electron chi connectivity index (χ3n) is 3.64. The van der Waals surface area contributed by atoms with E-state index in [1.807, 2.05) is 0 Å². The molecule has 0 saturated heterocycles. The maximum absolute atomic E-state index is 11.9. The molecule has 0 atom stereocenters. The fraction of sp³-hybridized carbons (Fsp3) is 0.133. The van der Waals surface area contributed by atoms with E-state index in [4.69, 9.17) is 4.74 Å². The van der Waals surface area contributed by atoms with Gasteiger partial charge in [0.2, 0.25) is 0 Å². The molecule has 1 aromatic heterocycles. The van der Waals surface area contributed by atoms with Gasteiger partial charge in [-0.2, -0.15) is 4.73 Å². The normalized spacial score (nSPS) is 11.0. The molecule has 0 aliphatic rings. The summed E-state index contributed by atoms with van der Waals surface area (Å²) >= 11 is 0. The predicted molar refractivity (Wildman–Crippen MR) is 79.3 cm³/mol. The molecule has 7 nitrogen and oxygen atoms in total. The van der Waals surface area contributed by atoms with Crippen LogP contribution in [0.2, 0.25) is 0 Å². The number of aromatic nitrogens is 1. The number of aliphatic hydroxyl groups excluding tert-OH is 1. The van der Waals surface area contributed by atoms with Crippen LogP contribution in [-0.4, -0.2) is 28.1 Å². The molecule has 3 rings (SSSR count). The molecule has 0 amide bonds. The minimum Gasteiger partial charge on any atom is -0.465 e. The van der Waals surface area contributed by atoms with Crippen LogP contribution in [0.15, 0.2) is 35.5 Å². The first-order valence-electron chi connectivity index (χ1n) is 6.44. The van der Waals surface area contributed by atoms with Crippen LogP contribution in [-0.2, 0) is 11.3 Å². The van der Waals surface area contributed by atoms with Gasteiger partial charge in [0.25, 0.3) is 0 Å². The predicted octanol–water partition coefficient (Wildman–Crippen LogP) is 2.71. The van der Waals surface area contributed by atoms with E-state index in [2.05, 4.69) is 5.18 Å². The first kappa shape index (κ1) is 14.0. The Morgan fingerprint density at radius 1 is 1.27 bits per heavy atom. The van der Waals surface area contributed by atoms with Crippen LogP contribution in [0.4, 0.5) is 5.69 Å².